The van der Waals surface area contributed by atoms with E-state index in [-0.39, 0.29) is 0 Å². The first kappa shape index (κ1) is 15.1. The molecule has 0 aliphatic heterocycles. The largest absolute Gasteiger partial charge is 0.0654 e. The second-order valence-corrected chi connectivity index (χ2v) is 5.85. The van der Waals surface area contributed by atoms with Gasteiger partial charge in [0, 0.05) is 0 Å². The number of benzene rings is 2. The second-order valence-electron chi connectivity index (χ2n) is 5.85. The van der Waals surface area contributed by atoms with Crippen LogP contribution in [0.4, 0.5) is 0 Å². The summed E-state index contributed by atoms with van der Waals surface area (Å²) in [6.45, 7) is 4.55. The Morgan fingerprint density at radius 2 is 1.15 bits per heavy atom. The average Bonchev–Trinajstić information content (AvgIpc) is 2.48. The van der Waals surface area contributed by atoms with Crippen LogP contribution >= 0.6 is 0 Å². The molecule has 2 aromatic carbocycles. The van der Waals surface area contributed by atoms with Gasteiger partial charge in [-0.05, 0) is 47.6 Å². The van der Waals surface area contributed by atoms with Crippen LogP contribution in [0.25, 0.3) is 10.8 Å². The SMILES string of the molecule is CCCCCc1cccc2cccc(CCCCC)c12. The average molecular weight is 268 g/mol. The quantitative estimate of drug-likeness (QED) is 0.492. The number of unbranched alkanes of at least 4 members (excludes halogenated alkanes) is 4. The van der Waals surface area contributed by atoms with Crippen molar-refractivity contribution in [2.75, 3.05) is 0 Å². The van der Waals surface area contributed by atoms with E-state index in [1.165, 1.54) is 56.8 Å². The molecule has 0 nitrogen and oxygen atoms in total. The molecule has 0 N–H and O–H groups in total. The molecule has 0 fully saturated rings. The van der Waals surface area contributed by atoms with E-state index in [2.05, 4.69) is 50.2 Å². The van der Waals surface area contributed by atoms with Gasteiger partial charge in [0.25, 0.3) is 0 Å². The Labute approximate surface area is 124 Å². The number of aryl methyl sites for hydroxylation is 2. The summed E-state index contributed by atoms with van der Waals surface area (Å²) in [6, 6.07) is 13.6. The lowest BCUT2D eigenvalue weighted by atomic mass is 9.93. The molecule has 2 rings (SSSR count). The first-order chi connectivity index (χ1) is 9.86. The van der Waals surface area contributed by atoms with Crippen LogP contribution in [0.2, 0.25) is 0 Å². The smallest absolute Gasteiger partial charge is 0.0120 e. The lowest BCUT2D eigenvalue weighted by Gasteiger charge is -2.12. The molecule has 0 aliphatic rings. The van der Waals surface area contributed by atoms with Gasteiger partial charge >= 0.3 is 0 Å². The van der Waals surface area contributed by atoms with E-state index in [4.69, 9.17) is 0 Å². The minimum Gasteiger partial charge on any atom is -0.0654 e. The third-order valence-corrected chi connectivity index (χ3v) is 4.18. The zero-order valence-corrected chi connectivity index (χ0v) is 13.1. The first-order valence-corrected chi connectivity index (χ1v) is 8.36. The molecule has 0 heterocycles. The summed E-state index contributed by atoms with van der Waals surface area (Å²) in [4.78, 5) is 0. The molecular formula is C20H28. The van der Waals surface area contributed by atoms with E-state index in [0.717, 1.165) is 0 Å². The molecule has 0 aliphatic carbocycles. The maximum absolute atomic E-state index is 2.33. The van der Waals surface area contributed by atoms with Crippen molar-refractivity contribution in [1.29, 1.82) is 0 Å². The first-order valence-electron chi connectivity index (χ1n) is 8.36. The zero-order chi connectivity index (χ0) is 14.2. The topological polar surface area (TPSA) is 0 Å². The molecule has 0 aromatic heterocycles. The Bertz CT molecular complexity index is 480. The fourth-order valence-electron chi connectivity index (χ4n) is 3.05. The molecule has 20 heavy (non-hydrogen) atoms. The third kappa shape index (κ3) is 3.85. The fraction of sp³-hybridized carbons (Fsp3) is 0.500. The number of fused-ring (bicyclic) bond motifs is 1. The second kappa shape index (κ2) is 8.09. The van der Waals surface area contributed by atoms with Gasteiger partial charge in [0.2, 0.25) is 0 Å². The van der Waals surface area contributed by atoms with Gasteiger partial charge < -0.3 is 0 Å². The highest BCUT2D eigenvalue weighted by molar-refractivity contribution is 5.89. The van der Waals surface area contributed by atoms with Gasteiger partial charge in [0.05, 0.1) is 0 Å². The Hall–Kier alpha value is -1.30. The number of hydrogen-bond acceptors (Lipinski definition) is 0. The highest BCUT2D eigenvalue weighted by Crippen LogP contribution is 2.26. The van der Waals surface area contributed by atoms with Gasteiger partial charge in [-0.1, -0.05) is 75.9 Å². The predicted octanol–water partition coefficient (Wildman–Crippen LogP) is 6.31. The molecule has 0 heteroatoms. The summed E-state index contributed by atoms with van der Waals surface area (Å²) < 4.78 is 0. The van der Waals surface area contributed by atoms with Crippen LogP contribution in [0.5, 0.6) is 0 Å². The molecule has 0 saturated carbocycles. The van der Waals surface area contributed by atoms with E-state index in [9.17, 15) is 0 Å². The van der Waals surface area contributed by atoms with E-state index in [0.29, 0.717) is 0 Å². The van der Waals surface area contributed by atoms with E-state index < -0.39 is 0 Å². The molecular weight excluding hydrogens is 240 g/mol. The molecule has 0 spiro atoms. The summed E-state index contributed by atoms with van der Waals surface area (Å²) in [7, 11) is 0. The van der Waals surface area contributed by atoms with Crippen LogP contribution in [0.15, 0.2) is 36.4 Å². The van der Waals surface area contributed by atoms with Crippen LogP contribution in [0, 0.1) is 0 Å². The zero-order valence-electron chi connectivity index (χ0n) is 13.1. The van der Waals surface area contributed by atoms with Crippen LogP contribution in [0.3, 0.4) is 0 Å². The maximum Gasteiger partial charge on any atom is -0.0120 e. The summed E-state index contributed by atoms with van der Waals surface area (Å²) in [5, 5.41) is 2.97. The van der Waals surface area contributed by atoms with E-state index >= 15 is 0 Å². The number of rotatable bonds is 8. The van der Waals surface area contributed by atoms with Gasteiger partial charge in [-0.2, -0.15) is 0 Å². The van der Waals surface area contributed by atoms with Crippen molar-refractivity contribution in [2.24, 2.45) is 0 Å². The molecule has 2 aromatic rings. The Morgan fingerprint density at radius 1 is 0.650 bits per heavy atom. The fourth-order valence-corrected chi connectivity index (χ4v) is 3.05. The van der Waals surface area contributed by atoms with E-state index in [1.807, 2.05) is 0 Å². The van der Waals surface area contributed by atoms with Crippen LogP contribution in [0.1, 0.15) is 63.5 Å². The van der Waals surface area contributed by atoms with Crippen molar-refractivity contribution in [3.05, 3.63) is 47.5 Å². The van der Waals surface area contributed by atoms with Crippen LogP contribution in [-0.2, 0) is 12.8 Å². The lowest BCUT2D eigenvalue weighted by Crippen LogP contribution is -1.94. The summed E-state index contributed by atoms with van der Waals surface area (Å²) in [5.41, 5.74) is 3.12. The molecule has 0 saturated heterocycles. The van der Waals surface area contributed by atoms with Crippen molar-refractivity contribution in [2.45, 2.75) is 65.2 Å². The summed E-state index contributed by atoms with van der Waals surface area (Å²) in [6.07, 6.45) is 10.4. The predicted molar refractivity (Wildman–Crippen MR) is 90.4 cm³/mol. The molecule has 0 atom stereocenters. The highest BCUT2D eigenvalue weighted by atomic mass is 14.1. The Balaban J connectivity index is 2.26. The molecule has 0 unspecified atom stereocenters. The maximum atomic E-state index is 2.33. The van der Waals surface area contributed by atoms with Gasteiger partial charge in [0.1, 0.15) is 0 Å². The Kier molecular flexibility index (Phi) is 6.11. The van der Waals surface area contributed by atoms with Crippen molar-refractivity contribution in [3.8, 4) is 0 Å². The molecule has 0 radical (unpaired) electrons. The van der Waals surface area contributed by atoms with Crippen molar-refractivity contribution >= 4 is 10.8 Å². The lowest BCUT2D eigenvalue weighted by molar-refractivity contribution is 0.714. The van der Waals surface area contributed by atoms with Crippen LogP contribution < -0.4 is 0 Å². The summed E-state index contributed by atoms with van der Waals surface area (Å²) in [5.74, 6) is 0. The van der Waals surface area contributed by atoms with Crippen molar-refractivity contribution in [1.82, 2.24) is 0 Å². The highest BCUT2D eigenvalue weighted by Gasteiger charge is 2.06. The molecule has 108 valence electrons. The van der Waals surface area contributed by atoms with Crippen LogP contribution in [-0.4, -0.2) is 0 Å². The van der Waals surface area contributed by atoms with Crippen molar-refractivity contribution < 1.29 is 0 Å². The van der Waals surface area contributed by atoms with Crippen molar-refractivity contribution in [3.63, 3.8) is 0 Å². The standard InChI is InChI=1S/C20H28/c1-3-5-7-11-17-13-9-15-19-16-10-14-18(20(17)19)12-8-6-4-2/h9-10,13-16H,3-8,11-12H2,1-2H3. The van der Waals surface area contributed by atoms with Gasteiger partial charge in [-0.25, -0.2) is 0 Å². The normalized spacial score (nSPS) is 11.1. The van der Waals surface area contributed by atoms with Gasteiger partial charge in [0.15, 0.2) is 0 Å². The Morgan fingerprint density at radius 3 is 1.60 bits per heavy atom. The number of hydrogen-bond donors (Lipinski definition) is 0. The minimum absolute atomic E-state index is 1.23. The monoisotopic (exact) mass is 268 g/mol. The van der Waals surface area contributed by atoms with E-state index in [1.54, 1.807) is 16.5 Å². The minimum atomic E-state index is 1.23. The molecule has 0 bridgehead atoms. The molecule has 0 amide bonds. The van der Waals surface area contributed by atoms with Gasteiger partial charge in [-0.3, -0.25) is 0 Å². The third-order valence-electron chi connectivity index (χ3n) is 4.18. The van der Waals surface area contributed by atoms with Gasteiger partial charge in [-0.15, -0.1) is 0 Å². The summed E-state index contributed by atoms with van der Waals surface area (Å²) >= 11 is 0.